The summed E-state index contributed by atoms with van der Waals surface area (Å²) in [6, 6.07) is 1.25. The third kappa shape index (κ3) is 3.72. The molecule has 1 aromatic heterocycles. The van der Waals surface area contributed by atoms with Crippen LogP contribution in [-0.2, 0) is 0 Å². The maximum absolute atomic E-state index is 12.2. The number of hydrogen-bond acceptors (Lipinski definition) is 4. The van der Waals surface area contributed by atoms with Gasteiger partial charge >= 0.3 is 6.18 Å². The highest BCUT2D eigenvalue weighted by molar-refractivity contribution is 8.01. The Morgan fingerprint density at radius 2 is 2.33 bits per heavy atom. The van der Waals surface area contributed by atoms with E-state index < -0.39 is 12.1 Å². The van der Waals surface area contributed by atoms with Gasteiger partial charge in [0.05, 0.1) is 6.07 Å². The lowest BCUT2D eigenvalue weighted by Crippen LogP contribution is -2.23. The molecule has 1 rings (SSSR count). The largest absolute Gasteiger partial charge is 0.405 e. The summed E-state index contributed by atoms with van der Waals surface area (Å²) < 4.78 is 37.1. The summed E-state index contributed by atoms with van der Waals surface area (Å²) in [6.45, 7) is 1.77. The lowest BCUT2D eigenvalue weighted by Gasteiger charge is -2.11. The highest BCUT2D eigenvalue weighted by Gasteiger charge is 2.39. The Bertz CT molecular complexity index is 367. The van der Waals surface area contributed by atoms with Gasteiger partial charge in [0.15, 0.2) is 5.92 Å². The molecule has 0 aliphatic carbocycles. The third-order valence-electron chi connectivity index (χ3n) is 1.52. The number of aromatic nitrogens is 1. The standard InChI is InChI=1S/C8H7F3N2S2/c1-5-3-14-7(13-5)15-4-6(2-12)8(9,10)11/h3,6H,4H2,1H3. The molecule has 82 valence electrons. The Morgan fingerprint density at radius 1 is 1.67 bits per heavy atom. The summed E-state index contributed by atoms with van der Waals surface area (Å²) in [7, 11) is 0. The molecule has 1 aromatic rings. The van der Waals surface area contributed by atoms with E-state index in [2.05, 4.69) is 4.98 Å². The monoisotopic (exact) mass is 252 g/mol. The highest BCUT2D eigenvalue weighted by Crippen LogP contribution is 2.32. The molecule has 15 heavy (non-hydrogen) atoms. The molecule has 0 saturated carbocycles. The van der Waals surface area contributed by atoms with E-state index in [0.717, 1.165) is 17.5 Å². The van der Waals surface area contributed by atoms with Crippen LogP contribution in [0.5, 0.6) is 0 Å². The lowest BCUT2D eigenvalue weighted by molar-refractivity contribution is -0.152. The van der Waals surface area contributed by atoms with E-state index in [1.54, 1.807) is 12.3 Å². The third-order valence-corrected chi connectivity index (χ3v) is 3.75. The lowest BCUT2D eigenvalue weighted by atomic mass is 10.2. The number of alkyl halides is 3. The fourth-order valence-electron chi connectivity index (χ4n) is 0.758. The molecule has 1 heterocycles. The van der Waals surface area contributed by atoms with Gasteiger partial charge in [-0.05, 0) is 6.92 Å². The Balaban J connectivity index is 2.53. The van der Waals surface area contributed by atoms with Crippen molar-refractivity contribution in [1.82, 2.24) is 4.98 Å². The molecule has 0 amide bonds. The Hall–Kier alpha value is -0.740. The fraction of sp³-hybridized carbons (Fsp3) is 0.500. The van der Waals surface area contributed by atoms with Gasteiger partial charge < -0.3 is 0 Å². The van der Waals surface area contributed by atoms with Gasteiger partial charge in [0.1, 0.15) is 4.34 Å². The number of aryl methyl sites for hydroxylation is 1. The van der Waals surface area contributed by atoms with Crippen molar-refractivity contribution < 1.29 is 13.2 Å². The van der Waals surface area contributed by atoms with Crippen molar-refractivity contribution in [2.75, 3.05) is 5.75 Å². The molecule has 0 bridgehead atoms. The van der Waals surface area contributed by atoms with Crippen LogP contribution in [0.3, 0.4) is 0 Å². The maximum Gasteiger partial charge on any atom is 0.405 e. The minimum atomic E-state index is -4.45. The van der Waals surface area contributed by atoms with Crippen LogP contribution >= 0.6 is 23.1 Å². The molecule has 0 aromatic carbocycles. The first-order chi connectivity index (χ1) is 6.93. The second-order valence-corrected chi connectivity index (χ2v) is 4.91. The van der Waals surface area contributed by atoms with Crippen molar-refractivity contribution in [3.05, 3.63) is 11.1 Å². The number of nitrogens with zero attached hydrogens (tertiary/aromatic N) is 2. The number of thiazole rings is 1. The minimum absolute atomic E-state index is 0.299. The van der Waals surface area contributed by atoms with Gasteiger partial charge in [0.2, 0.25) is 0 Å². The molecule has 0 saturated heterocycles. The maximum atomic E-state index is 12.2. The van der Waals surface area contributed by atoms with Crippen LogP contribution in [0.1, 0.15) is 5.69 Å². The van der Waals surface area contributed by atoms with Gasteiger partial charge in [0, 0.05) is 16.8 Å². The molecule has 0 radical (unpaired) electrons. The number of thioether (sulfide) groups is 1. The van der Waals surface area contributed by atoms with Crippen LogP contribution in [0, 0.1) is 24.2 Å². The van der Waals surface area contributed by atoms with E-state index in [-0.39, 0.29) is 5.75 Å². The van der Waals surface area contributed by atoms with Crippen LogP contribution in [0.25, 0.3) is 0 Å². The summed E-state index contributed by atoms with van der Waals surface area (Å²) in [5.41, 5.74) is 0.781. The van der Waals surface area contributed by atoms with Crippen LogP contribution in [0.4, 0.5) is 13.2 Å². The minimum Gasteiger partial charge on any atom is -0.235 e. The zero-order chi connectivity index (χ0) is 11.5. The van der Waals surface area contributed by atoms with Crippen molar-refractivity contribution in [3.8, 4) is 6.07 Å². The number of halogens is 3. The zero-order valence-electron chi connectivity index (χ0n) is 7.71. The van der Waals surface area contributed by atoms with E-state index in [1.807, 2.05) is 0 Å². The van der Waals surface area contributed by atoms with Crippen molar-refractivity contribution in [3.63, 3.8) is 0 Å². The van der Waals surface area contributed by atoms with Crippen LogP contribution < -0.4 is 0 Å². The molecule has 2 nitrogen and oxygen atoms in total. The van der Waals surface area contributed by atoms with Gasteiger partial charge in [-0.25, -0.2) is 4.98 Å². The highest BCUT2D eigenvalue weighted by atomic mass is 32.2. The van der Waals surface area contributed by atoms with Gasteiger partial charge in [0.25, 0.3) is 0 Å². The normalized spacial score (nSPS) is 13.5. The summed E-state index contributed by atoms with van der Waals surface area (Å²) in [5.74, 6) is -2.22. The second kappa shape index (κ2) is 4.86. The first-order valence-electron chi connectivity index (χ1n) is 3.94. The van der Waals surface area contributed by atoms with Gasteiger partial charge in [-0.1, -0.05) is 11.8 Å². The molecule has 0 aliphatic rings. The van der Waals surface area contributed by atoms with Gasteiger partial charge in [-0.3, -0.25) is 0 Å². The molecule has 0 aliphatic heterocycles. The number of rotatable bonds is 3. The van der Waals surface area contributed by atoms with E-state index in [9.17, 15) is 13.2 Å². The summed E-state index contributed by atoms with van der Waals surface area (Å²) >= 11 is 2.25. The average molecular weight is 252 g/mol. The predicted molar refractivity (Wildman–Crippen MR) is 52.7 cm³/mol. The fourth-order valence-corrected chi connectivity index (χ4v) is 2.68. The molecule has 7 heteroatoms. The van der Waals surface area contributed by atoms with E-state index >= 15 is 0 Å². The Kier molecular flexibility index (Phi) is 3.99. The van der Waals surface area contributed by atoms with Crippen molar-refractivity contribution in [2.45, 2.75) is 17.4 Å². The molecular weight excluding hydrogens is 245 g/mol. The summed E-state index contributed by atoms with van der Waals surface area (Å²) in [4.78, 5) is 4.00. The van der Waals surface area contributed by atoms with Crippen LogP contribution in [-0.4, -0.2) is 16.9 Å². The predicted octanol–water partition coefficient (Wildman–Crippen LogP) is 3.25. The van der Waals surface area contributed by atoms with Crippen LogP contribution in [0.2, 0.25) is 0 Å². The number of nitriles is 1. The smallest absolute Gasteiger partial charge is 0.235 e. The Morgan fingerprint density at radius 3 is 2.73 bits per heavy atom. The molecule has 0 spiro atoms. The van der Waals surface area contributed by atoms with E-state index in [0.29, 0.717) is 4.34 Å². The second-order valence-electron chi connectivity index (χ2n) is 2.79. The van der Waals surface area contributed by atoms with Gasteiger partial charge in [-0.15, -0.1) is 11.3 Å². The topological polar surface area (TPSA) is 36.7 Å². The zero-order valence-corrected chi connectivity index (χ0v) is 9.34. The average Bonchev–Trinajstić information content (AvgIpc) is 2.50. The number of hydrogen-bond donors (Lipinski definition) is 0. The first kappa shape index (κ1) is 12.3. The SMILES string of the molecule is Cc1csc(SCC(C#N)C(F)(F)F)n1. The summed E-state index contributed by atoms with van der Waals surface area (Å²) in [6.07, 6.45) is -4.45. The molecule has 1 atom stereocenters. The molecule has 1 unspecified atom stereocenters. The summed E-state index contributed by atoms with van der Waals surface area (Å²) in [5, 5.41) is 10.1. The van der Waals surface area contributed by atoms with E-state index in [4.69, 9.17) is 5.26 Å². The molecular formula is C8H7F3N2S2. The molecule has 0 fully saturated rings. The van der Waals surface area contributed by atoms with Crippen molar-refractivity contribution in [1.29, 1.82) is 5.26 Å². The molecule has 0 N–H and O–H groups in total. The van der Waals surface area contributed by atoms with Gasteiger partial charge in [-0.2, -0.15) is 18.4 Å². The van der Waals surface area contributed by atoms with E-state index in [1.165, 1.54) is 17.4 Å². The van der Waals surface area contributed by atoms with Crippen molar-refractivity contribution >= 4 is 23.1 Å². The first-order valence-corrected chi connectivity index (χ1v) is 5.81. The van der Waals surface area contributed by atoms with Crippen molar-refractivity contribution in [2.24, 2.45) is 5.92 Å². The Labute approximate surface area is 93.1 Å². The quantitative estimate of drug-likeness (QED) is 0.775. The van der Waals surface area contributed by atoms with Crippen LogP contribution in [0.15, 0.2) is 9.72 Å².